The van der Waals surface area contributed by atoms with E-state index >= 15 is 0 Å². The van der Waals surface area contributed by atoms with Crippen LogP contribution < -0.4 is 5.32 Å². The third-order valence-corrected chi connectivity index (χ3v) is 6.51. The summed E-state index contributed by atoms with van der Waals surface area (Å²) >= 11 is 1.65. The lowest BCUT2D eigenvalue weighted by Gasteiger charge is -2.28. The molecule has 0 spiro atoms. The highest BCUT2D eigenvalue weighted by Gasteiger charge is 2.30. The molecular formula is C20H28N2OS. The van der Waals surface area contributed by atoms with Gasteiger partial charge in [0.25, 0.3) is 0 Å². The number of nitrogens with zero attached hydrogens (tertiary/aromatic N) is 1. The van der Waals surface area contributed by atoms with Gasteiger partial charge in [-0.15, -0.1) is 11.3 Å². The molecule has 3 rings (SSSR count). The highest BCUT2D eigenvalue weighted by molar-refractivity contribution is 7.16. The quantitative estimate of drug-likeness (QED) is 0.810. The second kappa shape index (κ2) is 6.88. The van der Waals surface area contributed by atoms with Crippen molar-refractivity contribution in [1.29, 1.82) is 5.26 Å². The average Bonchev–Trinajstić information content (AvgIpc) is 3.11. The van der Waals surface area contributed by atoms with Crippen LogP contribution in [0.25, 0.3) is 0 Å². The Hall–Kier alpha value is -1.34. The van der Waals surface area contributed by atoms with Crippen molar-refractivity contribution in [3.05, 3.63) is 16.0 Å². The number of thiophene rings is 1. The lowest BCUT2D eigenvalue weighted by molar-refractivity contribution is -0.119. The summed E-state index contributed by atoms with van der Waals surface area (Å²) in [6.45, 7) is 6.89. The van der Waals surface area contributed by atoms with Crippen LogP contribution in [0.4, 0.5) is 5.00 Å². The van der Waals surface area contributed by atoms with Gasteiger partial charge >= 0.3 is 0 Å². The van der Waals surface area contributed by atoms with Crippen molar-refractivity contribution in [1.82, 2.24) is 0 Å². The Morgan fingerprint density at radius 3 is 2.62 bits per heavy atom. The molecule has 1 saturated carbocycles. The Balaban J connectivity index is 1.76. The first kappa shape index (κ1) is 17.5. The van der Waals surface area contributed by atoms with Crippen LogP contribution >= 0.6 is 11.3 Å². The zero-order chi connectivity index (χ0) is 17.3. The molecule has 1 atom stereocenters. The number of hydrogen-bond acceptors (Lipinski definition) is 3. The predicted molar refractivity (Wildman–Crippen MR) is 99.2 cm³/mol. The number of carbonyl (C=O) groups excluding carboxylic acids is 1. The summed E-state index contributed by atoms with van der Waals surface area (Å²) in [6, 6.07) is 2.36. The van der Waals surface area contributed by atoms with E-state index in [0.29, 0.717) is 11.3 Å². The molecule has 0 bridgehead atoms. The minimum absolute atomic E-state index is 0.119. The van der Waals surface area contributed by atoms with Gasteiger partial charge in [0.15, 0.2) is 0 Å². The standard InChI is InChI=1S/C20H28N2OS/c1-20(2,3)11-13-8-9-15-16(12-21)19(24-17(15)10-13)22-18(23)14-6-4-5-7-14/h13-14H,4-11H2,1-3H3,(H,22,23). The molecule has 1 amide bonds. The Bertz CT molecular complexity index is 656. The molecule has 4 heteroatoms. The van der Waals surface area contributed by atoms with Crippen molar-refractivity contribution < 1.29 is 4.79 Å². The van der Waals surface area contributed by atoms with E-state index in [4.69, 9.17) is 0 Å². The van der Waals surface area contributed by atoms with Gasteiger partial charge in [0, 0.05) is 10.8 Å². The van der Waals surface area contributed by atoms with Crippen molar-refractivity contribution >= 4 is 22.2 Å². The van der Waals surface area contributed by atoms with Crippen LogP contribution in [0.3, 0.4) is 0 Å². The molecule has 0 aliphatic heterocycles. The molecule has 1 unspecified atom stereocenters. The molecule has 3 nitrogen and oxygen atoms in total. The lowest BCUT2D eigenvalue weighted by atomic mass is 9.77. The number of nitriles is 1. The SMILES string of the molecule is CC(C)(C)CC1CCc2c(sc(NC(=O)C3CCCC3)c2C#N)C1. The van der Waals surface area contributed by atoms with Gasteiger partial charge in [0.1, 0.15) is 11.1 Å². The number of carbonyl (C=O) groups is 1. The van der Waals surface area contributed by atoms with Gasteiger partial charge in [-0.2, -0.15) is 5.26 Å². The summed E-state index contributed by atoms with van der Waals surface area (Å²) in [4.78, 5) is 13.8. The van der Waals surface area contributed by atoms with E-state index in [1.165, 1.54) is 16.9 Å². The lowest BCUT2D eigenvalue weighted by Crippen LogP contribution is -2.20. The zero-order valence-electron chi connectivity index (χ0n) is 15.1. The van der Waals surface area contributed by atoms with E-state index < -0.39 is 0 Å². The van der Waals surface area contributed by atoms with Gasteiger partial charge in [-0.3, -0.25) is 4.79 Å². The molecule has 1 heterocycles. The van der Waals surface area contributed by atoms with Crippen molar-refractivity contribution in [2.75, 3.05) is 5.32 Å². The molecule has 1 fully saturated rings. The largest absolute Gasteiger partial charge is 0.316 e. The molecule has 1 aromatic rings. The molecule has 0 saturated heterocycles. The fourth-order valence-electron chi connectivity index (χ4n) is 4.30. The average molecular weight is 345 g/mol. The maximum Gasteiger partial charge on any atom is 0.228 e. The van der Waals surface area contributed by atoms with E-state index in [9.17, 15) is 10.1 Å². The fraction of sp³-hybridized carbons (Fsp3) is 0.700. The van der Waals surface area contributed by atoms with Crippen LogP contribution in [-0.4, -0.2) is 5.91 Å². The van der Waals surface area contributed by atoms with E-state index in [0.717, 1.165) is 55.5 Å². The van der Waals surface area contributed by atoms with Gasteiger partial charge in [-0.25, -0.2) is 0 Å². The highest BCUT2D eigenvalue weighted by Crippen LogP contribution is 2.42. The van der Waals surface area contributed by atoms with Crippen LogP contribution in [0.1, 0.15) is 75.3 Å². The smallest absolute Gasteiger partial charge is 0.228 e. The summed E-state index contributed by atoms with van der Waals surface area (Å²) in [7, 11) is 0. The maximum absolute atomic E-state index is 12.4. The molecule has 2 aliphatic rings. The summed E-state index contributed by atoms with van der Waals surface area (Å²) in [6.07, 6.45) is 8.71. The first-order chi connectivity index (χ1) is 11.4. The number of hydrogen-bond donors (Lipinski definition) is 1. The van der Waals surface area contributed by atoms with E-state index in [1.54, 1.807) is 11.3 Å². The second-order valence-corrected chi connectivity index (χ2v) is 9.77. The van der Waals surface area contributed by atoms with Crippen LogP contribution in [-0.2, 0) is 17.6 Å². The molecule has 130 valence electrons. The highest BCUT2D eigenvalue weighted by atomic mass is 32.1. The molecule has 1 N–H and O–H groups in total. The van der Waals surface area contributed by atoms with Gasteiger partial charge in [0.2, 0.25) is 5.91 Å². The topological polar surface area (TPSA) is 52.9 Å². The van der Waals surface area contributed by atoms with Crippen LogP contribution in [0.5, 0.6) is 0 Å². The van der Waals surface area contributed by atoms with Gasteiger partial charge in [-0.05, 0) is 55.4 Å². The molecule has 24 heavy (non-hydrogen) atoms. The summed E-state index contributed by atoms with van der Waals surface area (Å²) in [5.74, 6) is 0.958. The van der Waals surface area contributed by atoms with Crippen molar-refractivity contribution in [3.63, 3.8) is 0 Å². The first-order valence-electron chi connectivity index (χ1n) is 9.23. The third-order valence-electron chi connectivity index (χ3n) is 5.34. The number of anilines is 1. The third kappa shape index (κ3) is 3.83. The summed E-state index contributed by atoms with van der Waals surface area (Å²) in [5, 5.41) is 13.5. The molecule has 0 radical (unpaired) electrons. The minimum atomic E-state index is 0.119. The van der Waals surface area contributed by atoms with Crippen LogP contribution in [0.15, 0.2) is 0 Å². The van der Waals surface area contributed by atoms with Gasteiger partial charge < -0.3 is 5.32 Å². The molecule has 2 aliphatic carbocycles. The molecule has 1 aromatic heterocycles. The number of nitrogens with one attached hydrogen (secondary N) is 1. The number of fused-ring (bicyclic) bond motifs is 1. The second-order valence-electron chi connectivity index (χ2n) is 8.66. The van der Waals surface area contributed by atoms with Crippen molar-refractivity contribution in [3.8, 4) is 6.07 Å². The van der Waals surface area contributed by atoms with Gasteiger partial charge in [0.05, 0.1) is 5.56 Å². The van der Waals surface area contributed by atoms with E-state index in [2.05, 4.69) is 32.2 Å². The van der Waals surface area contributed by atoms with Crippen LogP contribution in [0, 0.1) is 28.6 Å². The Morgan fingerprint density at radius 2 is 2.00 bits per heavy atom. The monoisotopic (exact) mass is 344 g/mol. The van der Waals surface area contributed by atoms with Crippen molar-refractivity contribution in [2.24, 2.45) is 17.3 Å². The Morgan fingerprint density at radius 1 is 1.29 bits per heavy atom. The van der Waals surface area contributed by atoms with E-state index in [1.807, 2.05) is 0 Å². The predicted octanol–water partition coefficient (Wildman–Crippen LogP) is 5.29. The summed E-state index contributed by atoms with van der Waals surface area (Å²) in [5.41, 5.74) is 2.28. The maximum atomic E-state index is 12.4. The normalized spacial score (nSPS) is 21.3. The fourth-order valence-corrected chi connectivity index (χ4v) is 5.62. The van der Waals surface area contributed by atoms with Crippen LogP contribution in [0.2, 0.25) is 0 Å². The Labute approximate surface area is 149 Å². The van der Waals surface area contributed by atoms with E-state index in [-0.39, 0.29) is 11.8 Å². The van der Waals surface area contributed by atoms with Gasteiger partial charge in [-0.1, -0.05) is 33.6 Å². The first-order valence-corrected chi connectivity index (χ1v) is 10.0. The summed E-state index contributed by atoms with van der Waals surface area (Å²) < 4.78 is 0. The zero-order valence-corrected chi connectivity index (χ0v) is 15.9. The Kier molecular flexibility index (Phi) is 5.01. The molecule has 0 aromatic carbocycles. The van der Waals surface area contributed by atoms with Crippen molar-refractivity contribution in [2.45, 2.75) is 72.1 Å². The number of rotatable bonds is 3. The molecular weight excluding hydrogens is 316 g/mol. The number of amides is 1. The minimum Gasteiger partial charge on any atom is -0.316 e.